The van der Waals surface area contributed by atoms with E-state index in [1.54, 1.807) is 0 Å². The van der Waals surface area contributed by atoms with E-state index < -0.39 is 0 Å². The van der Waals surface area contributed by atoms with Gasteiger partial charge in [0.1, 0.15) is 0 Å². The molecule has 2 rings (SSSR count). The van der Waals surface area contributed by atoms with E-state index in [4.69, 9.17) is 19.9 Å². The normalized spacial score (nSPS) is 13.5. The number of hydrogen-bond acceptors (Lipinski definition) is 4. The molecule has 2 aromatic heterocycles. The minimum absolute atomic E-state index is 0.0101. The van der Waals surface area contributed by atoms with E-state index in [-0.39, 0.29) is 21.7 Å². The first-order valence-electron chi connectivity index (χ1n) is 11.7. The van der Waals surface area contributed by atoms with Gasteiger partial charge in [0.25, 0.3) is 0 Å². The number of aromatic nitrogens is 4. The van der Waals surface area contributed by atoms with E-state index in [0.29, 0.717) is 0 Å². The lowest BCUT2D eigenvalue weighted by Crippen LogP contribution is -2.29. The van der Waals surface area contributed by atoms with Gasteiger partial charge in [0.2, 0.25) is 0 Å². The Bertz CT molecular complexity index is 912. The Hall–Kier alpha value is -1.84. The highest BCUT2D eigenvalue weighted by molar-refractivity contribution is 5.26. The second-order valence-electron chi connectivity index (χ2n) is 12.4. The first kappa shape index (κ1) is 25.4. The summed E-state index contributed by atoms with van der Waals surface area (Å²) >= 11 is 0. The standard InChI is InChI=1S/C27H44N4/c1-13-19-23(29-16-20(31-19)24(3,4)5)27(11,12)15-14-26(9,10)21-17-28-22(18(2)30-21)25(6,7)8/h16-17H,13-15H2,1-12H3. The zero-order chi connectivity index (χ0) is 23.8. The second-order valence-corrected chi connectivity index (χ2v) is 12.4. The van der Waals surface area contributed by atoms with Crippen LogP contribution in [0.15, 0.2) is 12.4 Å². The lowest BCUT2D eigenvalue weighted by Gasteiger charge is -2.32. The predicted octanol–water partition coefficient (Wildman–Crippen LogP) is 6.77. The molecule has 0 aliphatic carbocycles. The summed E-state index contributed by atoms with van der Waals surface area (Å²) in [5.74, 6) is 0. The number of nitrogens with zero attached hydrogens (tertiary/aromatic N) is 4. The Labute approximate surface area is 190 Å². The van der Waals surface area contributed by atoms with Crippen molar-refractivity contribution >= 4 is 0 Å². The average molecular weight is 425 g/mol. The van der Waals surface area contributed by atoms with E-state index in [0.717, 1.165) is 53.4 Å². The van der Waals surface area contributed by atoms with Gasteiger partial charge in [-0.25, -0.2) is 0 Å². The van der Waals surface area contributed by atoms with Crippen LogP contribution in [0.4, 0.5) is 0 Å². The summed E-state index contributed by atoms with van der Waals surface area (Å²) in [5, 5.41) is 0. The van der Waals surface area contributed by atoms with E-state index in [2.05, 4.69) is 83.1 Å². The molecule has 0 fully saturated rings. The monoisotopic (exact) mass is 424 g/mol. The summed E-state index contributed by atoms with van der Waals surface area (Å²) in [6.45, 7) is 26.5. The van der Waals surface area contributed by atoms with Gasteiger partial charge in [0.05, 0.1) is 34.2 Å². The van der Waals surface area contributed by atoms with Gasteiger partial charge in [-0.1, -0.05) is 76.2 Å². The molecule has 0 aliphatic heterocycles. The molecule has 172 valence electrons. The number of aryl methyl sites for hydroxylation is 2. The molecule has 0 unspecified atom stereocenters. The molecule has 31 heavy (non-hydrogen) atoms. The van der Waals surface area contributed by atoms with Crippen molar-refractivity contribution in [3.63, 3.8) is 0 Å². The van der Waals surface area contributed by atoms with Crippen LogP contribution in [0, 0.1) is 6.92 Å². The topological polar surface area (TPSA) is 51.6 Å². The van der Waals surface area contributed by atoms with Gasteiger partial charge in [-0.15, -0.1) is 0 Å². The highest BCUT2D eigenvalue weighted by atomic mass is 14.9. The van der Waals surface area contributed by atoms with Crippen LogP contribution in [-0.2, 0) is 28.1 Å². The molecule has 4 heteroatoms. The van der Waals surface area contributed by atoms with Crippen LogP contribution in [-0.4, -0.2) is 19.9 Å². The molecule has 0 aliphatic rings. The fourth-order valence-electron chi connectivity index (χ4n) is 4.02. The van der Waals surface area contributed by atoms with Crippen LogP contribution in [0.5, 0.6) is 0 Å². The summed E-state index contributed by atoms with van der Waals surface area (Å²) in [6.07, 6.45) is 6.88. The summed E-state index contributed by atoms with van der Waals surface area (Å²) in [6, 6.07) is 0. The molecular formula is C27H44N4. The van der Waals surface area contributed by atoms with Crippen molar-refractivity contribution < 1.29 is 0 Å². The Morgan fingerprint density at radius 2 is 1.16 bits per heavy atom. The molecule has 4 nitrogen and oxygen atoms in total. The Morgan fingerprint density at radius 1 is 0.645 bits per heavy atom. The molecule has 2 aromatic rings. The minimum Gasteiger partial charge on any atom is -0.257 e. The van der Waals surface area contributed by atoms with Crippen LogP contribution in [0.3, 0.4) is 0 Å². The first-order chi connectivity index (χ1) is 14.0. The maximum absolute atomic E-state index is 4.99. The van der Waals surface area contributed by atoms with Crippen LogP contribution in [0.2, 0.25) is 0 Å². The zero-order valence-corrected chi connectivity index (χ0v) is 22.1. The predicted molar refractivity (Wildman–Crippen MR) is 131 cm³/mol. The van der Waals surface area contributed by atoms with E-state index in [1.807, 2.05) is 12.4 Å². The van der Waals surface area contributed by atoms with Crippen molar-refractivity contribution in [2.24, 2.45) is 0 Å². The van der Waals surface area contributed by atoms with Crippen LogP contribution >= 0.6 is 0 Å². The van der Waals surface area contributed by atoms with Gasteiger partial charge < -0.3 is 0 Å². The quantitative estimate of drug-likeness (QED) is 0.513. The third-order valence-corrected chi connectivity index (χ3v) is 6.31. The smallest absolute Gasteiger partial charge is 0.0675 e. The molecule has 0 bridgehead atoms. The number of hydrogen-bond donors (Lipinski definition) is 0. The first-order valence-corrected chi connectivity index (χ1v) is 11.7. The van der Waals surface area contributed by atoms with Gasteiger partial charge in [-0.2, -0.15) is 0 Å². The number of rotatable bonds is 6. The fourth-order valence-corrected chi connectivity index (χ4v) is 4.02. The fraction of sp³-hybridized carbons (Fsp3) is 0.704. The van der Waals surface area contributed by atoms with Crippen molar-refractivity contribution in [2.75, 3.05) is 0 Å². The molecule has 0 saturated heterocycles. The van der Waals surface area contributed by atoms with Gasteiger partial charge in [-0.3, -0.25) is 19.9 Å². The minimum atomic E-state index is -0.0589. The molecule has 0 amide bonds. The van der Waals surface area contributed by atoms with Crippen molar-refractivity contribution in [1.29, 1.82) is 0 Å². The van der Waals surface area contributed by atoms with Gasteiger partial charge in [0, 0.05) is 34.1 Å². The summed E-state index contributed by atoms with van der Waals surface area (Å²) < 4.78 is 0. The Kier molecular flexibility index (Phi) is 7.05. The molecule has 0 aromatic carbocycles. The lowest BCUT2D eigenvalue weighted by atomic mass is 9.75. The summed E-state index contributed by atoms with van der Waals surface area (Å²) in [7, 11) is 0. The largest absolute Gasteiger partial charge is 0.257 e. The average Bonchev–Trinajstić information content (AvgIpc) is 2.64. The lowest BCUT2D eigenvalue weighted by molar-refractivity contribution is 0.358. The maximum Gasteiger partial charge on any atom is 0.0675 e. The second kappa shape index (κ2) is 8.60. The summed E-state index contributed by atoms with van der Waals surface area (Å²) in [5.41, 5.74) is 6.41. The Balaban J connectivity index is 2.27. The highest BCUT2D eigenvalue weighted by Gasteiger charge is 2.32. The van der Waals surface area contributed by atoms with Crippen molar-refractivity contribution in [1.82, 2.24) is 19.9 Å². The van der Waals surface area contributed by atoms with Crippen LogP contribution in [0.1, 0.15) is 123 Å². The van der Waals surface area contributed by atoms with Gasteiger partial charge in [-0.05, 0) is 26.2 Å². The third kappa shape index (κ3) is 5.90. The van der Waals surface area contributed by atoms with Crippen LogP contribution < -0.4 is 0 Å². The van der Waals surface area contributed by atoms with E-state index in [1.165, 1.54) is 0 Å². The van der Waals surface area contributed by atoms with E-state index >= 15 is 0 Å². The molecule has 0 N–H and O–H groups in total. The molecule has 0 spiro atoms. The van der Waals surface area contributed by atoms with Crippen molar-refractivity contribution in [3.05, 3.63) is 46.6 Å². The van der Waals surface area contributed by atoms with Crippen LogP contribution in [0.25, 0.3) is 0 Å². The summed E-state index contributed by atoms with van der Waals surface area (Å²) in [4.78, 5) is 19.7. The van der Waals surface area contributed by atoms with E-state index in [9.17, 15) is 0 Å². The molecule has 2 heterocycles. The van der Waals surface area contributed by atoms with Crippen molar-refractivity contribution in [2.45, 2.75) is 124 Å². The van der Waals surface area contributed by atoms with Gasteiger partial charge in [0.15, 0.2) is 0 Å². The highest BCUT2D eigenvalue weighted by Crippen LogP contribution is 2.36. The maximum atomic E-state index is 4.99. The SMILES string of the molecule is CCc1nc(C(C)(C)C)cnc1C(C)(C)CCC(C)(C)c1cnc(C(C)(C)C)c(C)n1. The molecule has 0 atom stereocenters. The van der Waals surface area contributed by atoms with Gasteiger partial charge >= 0.3 is 0 Å². The Morgan fingerprint density at radius 3 is 1.65 bits per heavy atom. The third-order valence-electron chi connectivity index (χ3n) is 6.31. The van der Waals surface area contributed by atoms with Crippen molar-refractivity contribution in [3.8, 4) is 0 Å². The zero-order valence-electron chi connectivity index (χ0n) is 22.1. The molecular weight excluding hydrogens is 380 g/mol. The molecule has 0 radical (unpaired) electrons. The molecule has 0 saturated carbocycles.